The molecule has 2 aliphatic rings. The average Bonchev–Trinajstić information content (AvgIpc) is 3.65. The standard InChI is InChI=1S/C29H35N7O3/c1-29(2)38-24-5-3-4-19(25(24)39-29)13-22(34-28(37)17-8-6-16(14-30)7-9-17)27-32-15-23(33-27)18-10-11-20-21(12-18)35-36-26(20)31/h3-5,10-12,15-17,22H,6-9,13-14,30H2,1-2H3,(H,32,33)(H,34,37)(H3,31,35,36). The fraction of sp³-hybridized carbons (Fsp3) is 0.414. The summed E-state index contributed by atoms with van der Waals surface area (Å²) in [6.07, 6.45) is 6.02. The molecule has 1 amide bonds. The van der Waals surface area contributed by atoms with E-state index >= 15 is 0 Å². The molecule has 1 unspecified atom stereocenters. The zero-order chi connectivity index (χ0) is 27.1. The Kier molecular flexibility index (Phi) is 6.42. The number of fused-ring (bicyclic) bond motifs is 2. The molecule has 0 bridgehead atoms. The molecule has 3 heterocycles. The highest BCUT2D eigenvalue weighted by molar-refractivity contribution is 5.91. The van der Waals surface area contributed by atoms with Crippen LogP contribution in [-0.4, -0.2) is 38.4 Å². The maximum atomic E-state index is 13.5. The maximum Gasteiger partial charge on any atom is 0.246 e. The van der Waals surface area contributed by atoms with E-state index in [1.54, 1.807) is 0 Å². The minimum atomic E-state index is -0.745. The highest BCUT2D eigenvalue weighted by Gasteiger charge is 2.35. The van der Waals surface area contributed by atoms with Gasteiger partial charge in [-0.15, -0.1) is 0 Å². The van der Waals surface area contributed by atoms with Gasteiger partial charge in [0.1, 0.15) is 5.82 Å². The third kappa shape index (κ3) is 5.04. The van der Waals surface area contributed by atoms with Crippen LogP contribution in [0.2, 0.25) is 0 Å². The molecular weight excluding hydrogens is 494 g/mol. The second-order valence-electron chi connectivity index (χ2n) is 11.1. The van der Waals surface area contributed by atoms with Crippen LogP contribution in [0, 0.1) is 11.8 Å². The topological polar surface area (TPSA) is 157 Å². The van der Waals surface area contributed by atoms with Gasteiger partial charge in [0, 0.05) is 48.9 Å². The number of aromatic nitrogens is 4. The van der Waals surface area contributed by atoms with Gasteiger partial charge in [-0.2, -0.15) is 5.10 Å². The van der Waals surface area contributed by atoms with E-state index in [2.05, 4.69) is 20.5 Å². The molecular formula is C29H35N7O3. The van der Waals surface area contributed by atoms with Crippen LogP contribution in [0.3, 0.4) is 0 Å². The van der Waals surface area contributed by atoms with Gasteiger partial charge in [0.05, 0.1) is 17.3 Å². The van der Waals surface area contributed by atoms with Crippen LogP contribution < -0.4 is 26.3 Å². The van der Waals surface area contributed by atoms with Crippen LogP contribution in [0.15, 0.2) is 42.6 Å². The van der Waals surface area contributed by atoms with E-state index in [1.807, 2.05) is 56.4 Å². The van der Waals surface area contributed by atoms with Crippen molar-refractivity contribution in [2.75, 3.05) is 12.3 Å². The number of hydrogen-bond acceptors (Lipinski definition) is 7. The monoisotopic (exact) mass is 529 g/mol. The summed E-state index contributed by atoms with van der Waals surface area (Å²) < 4.78 is 12.1. The maximum absolute atomic E-state index is 13.5. The highest BCUT2D eigenvalue weighted by Crippen LogP contribution is 2.43. The Morgan fingerprint density at radius 1 is 1.18 bits per heavy atom. The molecule has 1 aliphatic heterocycles. The number of amides is 1. The lowest BCUT2D eigenvalue weighted by atomic mass is 9.81. The lowest BCUT2D eigenvalue weighted by Crippen LogP contribution is -2.37. The lowest BCUT2D eigenvalue weighted by molar-refractivity contribution is -0.127. The van der Waals surface area contributed by atoms with Gasteiger partial charge in [0.25, 0.3) is 0 Å². The van der Waals surface area contributed by atoms with Crippen LogP contribution in [0.25, 0.3) is 22.2 Å². The number of benzene rings is 2. The molecule has 7 N–H and O–H groups in total. The van der Waals surface area contributed by atoms with Crippen molar-refractivity contribution < 1.29 is 14.3 Å². The number of H-pyrrole nitrogens is 2. The van der Waals surface area contributed by atoms with Crippen molar-refractivity contribution in [2.45, 2.75) is 57.8 Å². The summed E-state index contributed by atoms with van der Waals surface area (Å²) in [7, 11) is 0. The molecule has 10 nitrogen and oxygen atoms in total. The smallest absolute Gasteiger partial charge is 0.246 e. The Bertz CT molecular complexity index is 1500. The van der Waals surface area contributed by atoms with Crippen molar-refractivity contribution in [3.05, 3.63) is 54.0 Å². The minimum Gasteiger partial charge on any atom is -0.449 e. The van der Waals surface area contributed by atoms with Crippen molar-refractivity contribution in [3.63, 3.8) is 0 Å². The molecule has 6 rings (SSSR count). The van der Waals surface area contributed by atoms with Crippen molar-refractivity contribution in [1.82, 2.24) is 25.5 Å². The minimum absolute atomic E-state index is 0.0296. The van der Waals surface area contributed by atoms with Gasteiger partial charge >= 0.3 is 0 Å². The molecule has 4 aromatic rings. The average molecular weight is 530 g/mol. The van der Waals surface area contributed by atoms with E-state index in [0.717, 1.165) is 53.4 Å². The highest BCUT2D eigenvalue weighted by atomic mass is 16.7. The number of anilines is 1. The molecule has 0 spiro atoms. The Balaban J connectivity index is 1.29. The molecule has 1 fully saturated rings. The number of carbonyl (C=O) groups excluding carboxylic acids is 1. The van der Waals surface area contributed by atoms with E-state index in [9.17, 15) is 4.79 Å². The number of imidazole rings is 1. The number of nitrogens with zero attached hydrogens (tertiary/aromatic N) is 2. The number of para-hydroxylation sites is 1. The fourth-order valence-corrected chi connectivity index (χ4v) is 5.70. The molecule has 0 radical (unpaired) electrons. The Morgan fingerprint density at radius 2 is 2.00 bits per heavy atom. The van der Waals surface area contributed by atoms with E-state index in [-0.39, 0.29) is 17.9 Å². The lowest BCUT2D eigenvalue weighted by Gasteiger charge is -2.28. The summed E-state index contributed by atoms with van der Waals surface area (Å²) >= 11 is 0. The summed E-state index contributed by atoms with van der Waals surface area (Å²) in [4.78, 5) is 21.7. The van der Waals surface area contributed by atoms with Crippen molar-refractivity contribution in [2.24, 2.45) is 17.6 Å². The zero-order valence-electron chi connectivity index (χ0n) is 22.3. The first-order chi connectivity index (χ1) is 18.8. The number of carbonyl (C=O) groups is 1. The van der Waals surface area contributed by atoms with Crippen molar-refractivity contribution >= 4 is 22.6 Å². The zero-order valence-corrected chi connectivity index (χ0v) is 22.3. The molecule has 1 atom stereocenters. The summed E-state index contributed by atoms with van der Waals surface area (Å²) in [6.45, 7) is 4.45. The van der Waals surface area contributed by atoms with E-state index in [4.69, 9.17) is 25.9 Å². The first-order valence-electron chi connectivity index (χ1n) is 13.6. The Morgan fingerprint density at radius 3 is 2.79 bits per heavy atom. The number of nitrogens with one attached hydrogen (secondary N) is 3. The summed E-state index contributed by atoms with van der Waals surface area (Å²) in [5.41, 5.74) is 15.3. The number of nitrogens with two attached hydrogens (primary N) is 2. The number of nitrogen functional groups attached to an aromatic ring is 1. The number of aromatic amines is 2. The van der Waals surface area contributed by atoms with Crippen molar-refractivity contribution in [3.8, 4) is 22.8 Å². The van der Waals surface area contributed by atoms with Gasteiger partial charge in [-0.25, -0.2) is 4.98 Å². The predicted molar refractivity (Wildman–Crippen MR) is 149 cm³/mol. The molecule has 2 aromatic carbocycles. The van der Waals surface area contributed by atoms with E-state index in [0.29, 0.717) is 42.0 Å². The van der Waals surface area contributed by atoms with Gasteiger partial charge in [0.15, 0.2) is 17.3 Å². The van der Waals surface area contributed by atoms with E-state index < -0.39 is 5.79 Å². The predicted octanol–water partition coefficient (Wildman–Crippen LogP) is 4.21. The van der Waals surface area contributed by atoms with E-state index in [1.165, 1.54) is 0 Å². The molecule has 1 saturated carbocycles. The molecule has 1 aliphatic carbocycles. The van der Waals surface area contributed by atoms with Crippen molar-refractivity contribution in [1.29, 1.82) is 0 Å². The second kappa shape index (κ2) is 9.92. The fourth-order valence-electron chi connectivity index (χ4n) is 5.70. The van der Waals surface area contributed by atoms with Crippen LogP contribution in [0.5, 0.6) is 11.5 Å². The third-order valence-electron chi connectivity index (χ3n) is 7.87. The first-order valence-corrected chi connectivity index (χ1v) is 13.6. The summed E-state index contributed by atoms with van der Waals surface area (Å²) in [5, 5.41) is 11.2. The molecule has 204 valence electrons. The van der Waals surface area contributed by atoms with Gasteiger partial charge in [-0.3, -0.25) is 9.89 Å². The largest absolute Gasteiger partial charge is 0.449 e. The number of ether oxygens (including phenoxy) is 2. The molecule has 10 heteroatoms. The van der Waals surface area contributed by atoms with Crippen LogP contribution >= 0.6 is 0 Å². The van der Waals surface area contributed by atoms with Gasteiger partial charge in [-0.05, 0) is 56.3 Å². The summed E-state index contributed by atoms with van der Waals surface area (Å²) in [6, 6.07) is 11.3. The van der Waals surface area contributed by atoms with Crippen LogP contribution in [-0.2, 0) is 11.2 Å². The first kappa shape index (κ1) is 25.2. The van der Waals surface area contributed by atoms with Gasteiger partial charge in [0.2, 0.25) is 11.7 Å². The Hall–Kier alpha value is -4.05. The number of rotatable bonds is 7. The van der Waals surface area contributed by atoms with Gasteiger partial charge in [-0.1, -0.05) is 18.2 Å². The van der Waals surface area contributed by atoms with Crippen LogP contribution in [0.4, 0.5) is 5.82 Å². The Labute approximate surface area is 226 Å². The quantitative estimate of drug-likeness (QED) is 0.240. The normalized spacial score (nSPS) is 20.7. The molecule has 39 heavy (non-hydrogen) atoms. The molecule has 2 aromatic heterocycles. The SMILES string of the molecule is CC1(C)Oc2cccc(CC(NC(=O)C3CCC(CN)CC3)c3nc(-c4ccc5c(N)n[nH]c5c4)c[nH]3)c2O1. The molecule has 0 saturated heterocycles. The summed E-state index contributed by atoms with van der Waals surface area (Å²) in [5.74, 6) is 2.33. The second-order valence-corrected chi connectivity index (χ2v) is 11.1. The van der Waals surface area contributed by atoms with Gasteiger partial charge < -0.3 is 31.2 Å². The number of hydrogen-bond donors (Lipinski definition) is 5. The van der Waals surface area contributed by atoms with Crippen LogP contribution in [0.1, 0.15) is 57.0 Å². The third-order valence-corrected chi connectivity index (χ3v) is 7.87.